The van der Waals surface area contributed by atoms with Gasteiger partial charge in [0.2, 0.25) is 6.39 Å². The van der Waals surface area contributed by atoms with Crippen LogP contribution in [-0.2, 0) is 6.42 Å². The molecule has 2 aromatic rings. The second-order valence-corrected chi connectivity index (χ2v) is 3.32. The smallest absolute Gasteiger partial charge is 0.213 e. The second-order valence-electron chi connectivity index (χ2n) is 3.32. The van der Waals surface area contributed by atoms with Crippen LogP contribution in [0.3, 0.4) is 0 Å². The third-order valence-electron chi connectivity index (χ3n) is 2.11. The standard InChI is InChI=1S/C9H10F2N6O/c10-5-3-6(11)9(16-12)15-8(5)13-2-1-7-14-4-18-17-7/h3-4H,1-2,12H2,(H2,13,15,16). The first-order valence-electron chi connectivity index (χ1n) is 5.02. The molecule has 0 radical (unpaired) electrons. The van der Waals surface area contributed by atoms with Crippen molar-refractivity contribution in [1.29, 1.82) is 0 Å². The van der Waals surface area contributed by atoms with Crippen LogP contribution in [0.15, 0.2) is 17.0 Å². The molecule has 0 aliphatic carbocycles. The van der Waals surface area contributed by atoms with Gasteiger partial charge in [0, 0.05) is 19.0 Å². The zero-order chi connectivity index (χ0) is 13.0. The monoisotopic (exact) mass is 256 g/mol. The first kappa shape index (κ1) is 12.2. The highest BCUT2D eigenvalue weighted by molar-refractivity contribution is 5.46. The SMILES string of the molecule is NNc1nc(NCCc2ncon2)c(F)cc1F. The zero-order valence-electron chi connectivity index (χ0n) is 9.15. The predicted molar refractivity (Wildman–Crippen MR) is 58.5 cm³/mol. The fraction of sp³-hybridized carbons (Fsp3) is 0.222. The van der Waals surface area contributed by atoms with Gasteiger partial charge in [0.25, 0.3) is 0 Å². The van der Waals surface area contributed by atoms with E-state index in [9.17, 15) is 8.78 Å². The molecule has 2 rings (SSSR count). The summed E-state index contributed by atoms with van der Waals surface area (Å²) in [6.07, 6.45) is 1.61. The number of nitrogens with one attached hydrogen (secondary N) is 2. The number of pyridine rings is 1. The highest BCUT2D eigenvalue weighted by Gasteiger charge is 2.10. The van der Waals surface area contributed by atoms with Crippen LogP contribution in [0.4, 0.5) is 20.4 Å². The number of nitrogens with zero attached hydrogens (tertiary/aromatic N) is 3. The number of nitrogen functional groups attached to an aromatic ring is 1. The third kappa shape index (κ3) is 2.69. The summed E-state index contributed by atoms with van der Waals surface area (Å²) in [4.78, 5) is 7.44. The molecular weight excluding hydrogens is 246 g/mol. The van der Waals surface area contributed by atoms with Crippen molar-refractivity contribution in [2.45, 2.75) is 6.42 Å². The Hall–Kier alpha value is -2.29. The van der Waals surface area contributed by atoms with Crippen LogP contribution in [0, 0.1) is 11.6 Å². The van der Waals surface area contributed by atoms with Crippen molar-refractivity contribution in [3.05, 3.63) is 29.9 Å². The van der Waals surface area contributed by atoms with Gasteiger partial charge in [-0.2, -0.15) is 4.98 Å². The van der Waals surface area contributed by atoms with E-state index >= 15 is 0 Å². The van der Waals surface area contributed by atoms with E-state index in [1.54, 1.807) is 0 Å². The molecule has 18 heavy (non-hydrogen) atoms. The van der Waals surface area contributed by atoms with Crippen molar-refractivity contribution in [3.63, 3.8) is 0 Å². The number of rotatable bonds is 5. The minimum absolute atomic E-state index is 0.104. The molecule has 96 valence electrons. The quantitative estimate of drug-likeness (QED) is 0.534. The van der Waals surface area contributed by atoms with Gasteiger partial charge in [-0.1, -0.05) is 5.16 Å². The van der Waals surface area contributed by atoms with Gasteiger partial charge < -0.3 is 15.3 Å². The van der Waals surface area contributed by atoms with E-state index in [-0.39, 0.29) is 11.6 Å². The van der Waals surface area contributed by atoms with Crippen LogP contribution >= 0.6 is 0 Å². The Morgan fingerprint density at radius 1 is 1.28 bits per heavy atom. The van der Waals surface area contributed by atoms with E-state index in [4.69, 9.17) is 5.84 Å². The lowest BCUT2D eigenvalue weighted by Crippen LogP contribution is -2.14. The maximum absolute atomic E-state index is 13.3. The lowest BCUT2D eigenvalue weighted by molar-refractivity contribution is 0.410. The number of anilines is 2. The van der Waals surface area contributed by atoms with Gasteiger partial charge in [0.1, 0.15) is 0 Å². The molecular formula is C9H10F2N6O. The van der Waals surface area contributed by atoms with Crippen molar-refractivity contribution >= 4 is 11.6 Å². The Labute approximate surface area is 100 Å². The Morgan fingerprint density at radius 2 is 2.06 bits per heavy atom. The lowest BCUT2D eigenvalue weighted by atomic mass is 10.3. The maximum Gasteiger partial charge on any atom is 0.213 e. The minimum atomic E-state index is -0.862. The average Bonchev–Trinajstić information content (AvgIpc) is 2.85. The molecule has 2 heterocycles. The van der Waals surface area contributed by atoms with E-state index in [0.717, 1.165) is 0 Å². The molecule has 2 aromatic heterocycles. The van der Waals surface area contributed by atoms with Crippen LogP contribution in [0.5, 0.6) is 0 Å². The molecule has 0 aliphatic heterocycles. The summed E-state index contributed by atoms with van der Waals surface area (Å²) in [5.74, 6) is 3.50. The van der Waals surface area contributed by atoms with Gasteiger partial charge in [0.05, 0.1) is 0 Å². The van der Waals surface area contributed by atoms with Crippen LogP contribution in [0.25, 0.3) is 0 Å². The first-order chi connectivity index (χ1) is 8.70. The molecule has 0 unspecified atom stereocenters. The van der Waals surface area contributed by atoms with Gasteiger partial charge in [-0.3, -0.25) is 0 Å². The van der Waals surface area contributed by atoms with Crippen molar-refractivity contribution in [2.24, 2.45) is 5.84 Å². The van der Waals surface area contributed by atoms with Gasteiger partial charge >= 0.3 is 0 Å². The number of nitrogens with two attached hydrogens (primary N) is 1. The molecule has 0 fully saturated rings. The largest absolute Gasteiger partial charge is 0.367 e. The molecule has 0 saturated carbocycles. The molecule has 9 heteroatoms. The number of hydrogen-bond acceptors (Lipinski definition) is 7. The van der Waals surface area contributed by atoms with E-state index < -0.39 is 11.6 Å². The molecule has 0 aliphatic rings. The number of aromatic nitrogens is 3. The summed E-state index contributed by atoms with van der Waals surface area (Å²) in [5.41, 5.74) is 2.03. The zero-order valence-corrected chi connectivity index (χ0v) is 9.15. The summed E-state index contributed by atoms with van der Waals surface area (Å²) < 4.78 is 31.0. The normalized spacial score (nSPS) is 10.4. The summed E-state index contributed by atoms with van der Waals surface area (Å²) in [7, 11) is 0. The van der Waals surface area contributed by atoms with Gasteiger partial charge in [-0.15, -0.1) is 0 Å². The van der Waals surface area contributed by atoms with Crippen LogP contribution in [-0.4, -0.2) is 21.7 Å². The van der Waals surface area contributed by atoms with E-state index in [1.165, 1.54) is 6.39 Å². The van der Waals surface area contributed by atoms with Gasteiger partial charge in [-0.25, -0.2) is 19.6 Å². The predicted octanol–water partition coefficient (Wildman–Crippen LogP) is 0.683. The number of hydrazine groups is 1. The summed E-state index contributed by atoms with van der Waals surface area (Å²) >= 11 is 0. The molecule has 4 N–H and O–H groups in total. The molecule has 7 nitrogen and oxygen atoms in total. The third-order valence-corrected chi connectivity index (χ3v) is 2.11. The van der Waals surface area contributed by atoms with Crippen LogP contribution in [0.2, 0.25) is 0 Å². The highest BCUT2D eigenvalue weighted by atomic mass is 19.1. The summed E-state index contributed by atoms with van der Waals surface area (Å²) in [5, 5.41) is 6.27. The lowest BCUT2D eigenvalue weighted by Gasteiger charge is -2.08. The molecule has 0 bridgehead atoms. The Balaban J connectivity index is 2.00. The fourth-order valence-electron chi connectivity index (χ4n) is 1.29. The summed E-state index contributed by atoms with van der Waals surface area (Å²) in [6.45, 7) is 0.319. The average molecular weight is 256 g/mol. The van der Waals surface area contributed by atoms with E-state index in [1.807, 2.05) is 5.43 Å². The first-order valence-corrected chi connectivity index (χ1v) is 5.02. The number of hydrogen-bond donors (Lipinski definition) is 3. The van der Waals surface area contributed by atoms with Crippen molar-refractivity contribution in [2.75, 3.05) is 17.3 Å². The Morgan fingerprint density at radius 3 is 2.72 bits per heavy atom. The molecule has 0 aromatic carbocycles. The van der Waals surface area contributed by atoms with Gasteiger partial charge in [0.15, 0.2) is 29.1 Å². The highest BCUT2D eigenvalue weighted by Crippen LogP contribution is 2.17. The Kier molecular flexibility index (Phi) is 3.63. The van der Waals surface area contributed by atoms with Crippen molar-refractivity contribution in [3.8, 4) is 0 Å². The van der Waals surface area contributed by atoms with Gasteiger partial charge in [-0.05, 0) is 0 Å². The van der Waals surface area contributed by atoms with Crippen LogP contribution in [0.1, 0.15) is 5.82 Å². The maximum atomic E-state index is 13.3. The number of halogens is 2. The molecule has 0 spiro atoms. The second kappa shape index (κ2) is 5.36. The summed E-state index contributed by atoms with van der Waals surface area (Å²) in [6, 6.07) is 0.693. The molecule has 0 saturated heterocycles. The minimum Gasteiger partial charge on any atom is -0.367 e. The van der Waals surface area contributed by atoms with E-state index in [0.29, 0.717) is 24.9 Å². The van der Waals surface area contributed by atoms with Crippen molar-refractivity contribution in [1.82, 2.24) is 15.1 Å². The van der Waals surface area contributed by atoms with Crippen LogP contribution < -0.4 is 16.6 Å². The topological polar surface area (TPSA) is 102 Å². The molecule has 0 amide bonds. The molecule has 0 atom stereocenters. The van der Waals surface area contributed by atoms with E-state index in [2.05, 4.69) is 25.0 Å². The van der Waals surface area contributed by atoms with Crippen molar-refractivity contribution < 1.29 is 13.3 Å². The Bertz CT molecular complexity index is 518. The fourth-order valence-corrected chi connectivity index (χ4v) is 1.29.